The molecule has 1 amide bonds. The van der Waals surface area contributed by atoms with Crippen LogP contribution in [-0.4, -0.2) is 47.0 Å². The molecule has 1 saturated heterocycles. The van der Waals surface area contributed by atoms with Gasteiger partial charge >= 0.3 is 5.69 Å². The highest BCUT2D eigenvalue weighted by Crippen LogP contribution is 1.99. The summed E-state index contributed by atoms with van der Waals surface area (Å²) in [6.07, 6.45) is 0. The summed E-state index contributed by atoms with van der Waals surface area (Å²) in [4.78, 5) is 39.9. The normalized spacial score (nSPS) is 16.1. The molecule has 0 radical (unpaired) electrons. The summed E-state index contributed by atoms with van der Waals surface area (Å²) in [7, 11) is 0. The van der Waals surface area contributed by atoms with Gasteiger partial charge in [0.25, 0.3) is 11.5 Å². The van der Waals surface area contributed by atoms with Crippen LogP contribution in [0.2, 0.25) is 0 Å². The first-order chi connectivity index (χ1) is 7.66. The average molecular weight is 224 g/mol. The molecule has 1 aromatic rings. The molecule has 86 valence electrons. The summed E-state index contributed by atoms with van der Waals surface area (Å²) in [5.41, 5.74) is -1.19. The fraction of sp³-hybridized carbons (Fsp3) is 0.444. The van der Waals surface area contributed by atoms with E-state index in [4.69, 9.17) is 0 Å². The van der Waals surface area contributed by atoms with Crippen LogP contribution in [0.4, 0.5) is 0 Å². The Kier molecular flexibility index (Phi) is 2.86. The molecule has 1 aromatic heterocycles. The summed E-state index contributed by atoms with van der Waals surface area (Å²) in [5, 5.41) is 3.11. The van der Waals surface area contributed by atoms with Crippen LogP contribution in [-0.2, 0) is 0 Å². The molecule has 7 heteroatoms. The second kappa shape index (κ2) is 4.31. The van der Waals surface area contributed by atoms with Crippen LogP contribution in [0.25, 0.3) is 0 Å². The minimum atomic E-state index is -0.661. The van der Waals surface area contributed by atoms with E-state index < -0.39 is 11.2 Å². The number of carbonyl (C=O) groups excluding carboxylic acids is 1. The monoisotopic (exact) mass is 224 g/mol. The Morgan fingerprint density at radius 3 is 2.50 bits per heavy atom. The Morgan fingerprint density at radius 1 is 1.19 bits per heavy atom. The third-order valence-corrected chi connectivity index (χ3v) is 2.39. The van der Waals surface area contributed by atoms with Gasteiger partial charge in [0.15, 0.2) is 0 Å². The van der Waals surface area contributed by atoms with Gasteiger partial charge in [-0.05, 0) is 0 Å². The van der Waals surface area contributed by atoms with Crippen molar-refractivity contribution in [3.8, 4) is 0 Å². The summed E-state index contributed by atoms with van der Waals surface area (Å²) in [6, 6.07) is 1.10. The van der Waals surface area contributed by atoms with Crippen LogP contribution < -0.4 is 16.6 Å². The van der Waals surface area contributed by atoms with Gasteiger partial charge in [0.2, 0.25) is 0 Å². The molecular weight excluding hydrogens is 212 g/mol. The highest BCUT2D eigenvalue weighted by Gasteiger charge is 2.18. The van der Waals surface area contributed by atoms with Crippen molar-refractivity contribution in [2.24, 2.45) is 0 Å². The Labute approximate surface area is 90.5 Å². The summed E-state index contributed by atoms with van der Waals surface area (Å²) >= 11 is 0. The second-order valence-corrected chi connectivity index (χ2v) is 3.54. The van der Waals surface area contributed by atoms with Crippen molar-refractivity contribution in [2.75, 3.05) is 26.2 Å². The highest BCUT2D eigenvalue weighted by atomic mass is 16.2. The molecule has 1 aliphatic heterocycles. The van der Waals surface area contributed by atoms with Gasteiger partial charge in [-0.15, -0.1) is 0 Å². The van der Waals surface area contributed by atoms with Gasteiger partial charge in [0, 0.05) is 32.2 Å². The van der Waals surface area contributed by atoms with E-state index in [9.17, 15) is 14.4 Å². The molecule has 0 spiro atoms. The molecule has 1 aliphatic rings. The van der Waals surface area contributed by atoms with E-state index >= 15 is 0 Å². The van der Waals surface area contributed by atoms with Gasteiger partial charge < -0.3 is 15.2 Å². The first-order valence-electron chi connectivity index (χ1n) is 5.00. The molecule has 2 rings (SSSR count). The second-order valence-electron chi connectivity index (χ2n) is 3.54. The molecule has 0 bridgehead atoms. The van der Waals surface area contributed by atoms with E-state index in [1.54, 1.807) is 4.90 Å². The molecule has 1 fully saturated rings. The lowest BCUT2D eigenvalue weighted by Crippen LogP contribution is -2.47. The predicted molar refractivity (Wildman–Crippen MR) is 56.5 cm³/mol. The Hall–Kier alpha value is -1.89. The van der Waals surface area contributed by atoms with Crippen LogP contribution in [0.15, 0.2) is 15.7 Å². The van der Waals surface area contributed by atoms with Gasteiger partial charge in [-0.3, -0.25) is 14.6 Å². The first-order valence-corrected chi connectivity index (χ1v) is 5.00. The largest absolute Gasteiger partial charge is 0.335 e. The third kappa shape index (κ3) is 2.19. The molecule has 3 N–H and O–H groups in total. The Morgan fingerprint density at radius 2 is 1.88 bits per heavy atom. The van der Waals surface area contributed by atoms with Gasteiger partial charge in [0.05, 0.1) is 0 Å². The Balaban J connectivity index is 2.26. The van der Waals surface area contributed by atoms with Gasteiger partial charge in [-0.25, -0.2) is 4.79 Å². The van der Waals surface area contributed by atoms with Gasteiger partial charge in [-0.2, -0.15) is 0 Å². The van der Waals surface area contributed by atoms with Crippen molar-refractivity contribution >= 4 is 5.91 Å². The number of aromatic amines is 2. The molecule has 2 heterocycles. The summed E-state index contributed by atoms with van der Waals surface area (Å²) in [5.74, 6) is -0.315. The standard InChI is InChI=1S/C9H12N4O3/c14-7-5-6(11-9(16)12-7)8(15)13-3-1-10-2-4-13/h5,10H,1-4H2,(H2,11,12,14,16). The number of hydrogen-bond acceptors (Lipinski definition) is 4. The number of amides is 1. The van der Waals surface area contributed by atoms with Crippen LogP contribution in [0, 0.1) is 0 Å². The number of carbonyl (C=O) groups is 1. The molecule has 0 aliphatic carbocycles. The zero-order chi connectivity index (χ0) is 11.5. The van der Waals surface area contributed by atoms with Crippen LogP contribution in [0.1, 0.15) is 10.5 Å². The maximum atomic E-state index is 11.9. The van der Waals surface area contributed by atoms with E-state index in [2.05, 4.69) is 10.3 Å². The predicted octanol–water partition coefficient (Wildman–Crippen LogP) is -1.89. The lowest BCUT2D eigenvalue weighted by atomic mass is 10.3. The first kappa shape index (κ1) is 10.6. The number of aromatic nitrogens is 2. The smallest absolute Gasteiger partial charge is 0.326 e. The zero-order valence-electron chi connectivity index (χ0n) is 8.58. The van der Waals surface area contributed by atoms with Crippen molar-refractivity contribution < 1.29 is 4.79 Å². The fourth-order valence-corrected chi connectivity index (χ4v) is 1.62. The molecule has 0 unspecified atom stereocenters. The number of hydrogen-bond donors (Lipinski definition) is 3. The lowest BCUT2D eigenvalue weighted by Gasteiger charge is -2.27. The van der Waals surface area contributed by atoms with E-state index in [0.29, 0.717) is 13.1 Å². The highest BCUT2D eigenvalue weighted by molar-refractivity contribution is 5.92. The van der Waals surface area contributed by atoms with Crippen molar-refractivity contribution in [1.82, 2.24) is 20.2 Å². The number of nitrogens with zero attached hydrogens (tertiary/aromatic N) is 1. The topological polar surface area (TPSA) is 98.1 Å². The molecular formula is C9H12N4O3. The Bertz CT molecular complexity index is 470. The molecule has 0 saturated carbocycles. The molecule has 0 atom stereocenters. The lowest BCUT2D eigenvalue weighted by molar-refractivity contribution is 0.0729. The quantitative estimate of drug-likeness (QED) is 0.519. The van der Waals surface area contributed by atoms with Crippen LogP contribution >= 0.6 is 0 Å². The summed E-state index contributed by atoms with van der Waals surface area (Å²) in [6.45, 7) is 2.60. The number of rotatable bonds is 1. The number of nitrogens with one attached hydrogen (secondary N) is 3. The molecule has 16 heavy (non-hydrogen) atoms. The van der Waals surface area contributed by atoms with Crippen LogP contribution in [0.5, 0.6) is 0 Å². The third-order valence-electron chi connectivity index (χ3n) is 2.39. The van der Waals surface area contributed by atoms with Crippen molar-refractivity contribution in [1.29, 1.82) is 0 Å². The minimum absolute atomic E-state index is 0.0376. The van der Waals surface area contributed by atoms with E-state index in [-0.39, 0.29) is 11.6 Å². The van der Waals surface area contributed by atoms with E-state index in [0.717, 1.165) is 19.2 Å². The van der Waals surface area contributed by atoms with Gasteiger partial charge in [0.1, 0.15) is 5.69 Å². The number of piperazine rings is 1. The van der Waals surface area contributed by atoms with Crippen molar-refractivity contribution in [2.45, 2.75) is 0 Å². The van der Waals surface area contributed by atoms with Crippen molar-refractivity contribution in [3.05, 3.63) is 32.6 Å². The molecule has 0 aromatic carbocycles. The van der Waals surface area contributed by atoms with E-state index in [1.165, 1.54) is 0 Å². The zero-order valence-corrected chi connectivity index (χ0v) is 8.58. The van der Waals surface area contributed by atoms with Gasteiger partial charge in [-0.1, -0.05) is 0 Å². The minimum Gasteiger partial charge on any atom is -0.335 e. The summed E-state index contributed by atoms with van der Waals surface area (Å²) < 4.78 is 0. The number of H-pyrrole nitrogens is 2. The fourth-order valence-electron chi connectivity index (χ4n) is 1.62. The van der Waals surface area contributed by atoms with Crippen molar-refractivity contribution in [3.63, 3.8) is 0 Å². The maximum absolute atomic E-state index is 11.9. The SMILES string of the molecule is O=C(c1cc(=O)[nH]c(=O)[nH]1)N1CCNCC1. The maximum Gasteiger partial charge on any atom is 0.326 e. The molecule has 7 nitrogen and oxygen atoms in total. The van der Waals surface area contributed by atoms with E-state index in [1.807, 2.05) is 4.98 Å². The average Bonchev–Trinajstić information content (AvgIpc) is 2.28. The van der Waals surface area contributed by atoms with Crippen LogP contribution in [0.3, 0.4) is 0 Å².